The zero-order chi connectivity index (χ0) is 13.9. The van der Waals surface area contributed by atoms with Crippen molar-refractivity contribution >= 4 is 17.6 Å². The molecule has 0 spiro atoms. The molecule has 1 aromatic carbocycles. The average molecular weight is 281 g/mol. The Kier molecular flexibility index (Phi) is 5.01. The summed E-state index contributed by atoms with van der Waals surface area (Å²) < 4.78 is 30.7. The normalized spacial score (nSPS) is 14.1. The molecule has 1 aromatic rings. The van der Waals surface area contributed by atoms with Crippen LogP contribution in [-0.4, -0.2) is 28.9 Å². The molecule has 2 N–H and O–H groups in total. The first kappa shape index (κ1) is 14.8. The second-order valence-electron chi connectivity index (χ2n) is 3.44. The minimum absolute atomic E-state index is 0.00591. The van der Waals surface area contributed by atoms with Crippen LogP contribution in [0.15, 0.2) is 12.1 Å². The molecular weight excluding hydrogens is 270 g/mol. The molecule has 2 unspecified atom stereocenters. The molecule has 0 aromatic heterocycles. The van der Waals surface area contributed by atoms with Crippen LogP contribution >= 0.6 is 11.6 Å². The quantitative estimate of drug-likeness (QED) is 0.649. The first-order valence-corrected chi connectivity index (χ1v) is 5.43. The van der Waals surface area contributed by atoms with Crippen LogP contribution in [0.3, 0.4) is 0 Å². The number of aliphatic hydroxyl groups is 2. The number of rotatable bonds is 4. The summed E-state index contributed by atoms with van der Waals surface area (Å²) in [6, 6.07) is 1.47. The molecule has 1 rings (SSSR count). The number of aliphatic hydroxyl groups excluding tert-OH is 2. The number of hydrogen-bond donors (Lipinski definition) is 2. The van der Waals surface area contributed by atoms with Crippen molar-refractivity contribution in [3.63, 3.8) is 0 Å². The summed E-state index contributed by atoms with van der Waals surface area (Å²) in [7, 11) is 0. The molecule has 0 saturated carbocycles. The van der Waals surface area contributed by atoms with E-state index in [1.807, 2.05) is 0 Å². The molecule has 7 heteroatoms. The Balaban J connectivity index is 2.97. The molecule has 0 aliphatic rings. The van der Waals surface area contributed by atoms with Gasteiger partial charge in [0.15, 0.2) is 6.10 Å². The van der Waals surface area contributed by atoms with E-state index in [-0.39, 0.29) is 12.2 Å². The first-order valence-electron chi connectivity index (χ1n) is 5.05. The van der Waals surface area contributed by atoms with Crippen LogP contribution in [0.25, 0.3) is 0 Å². The molecule has 0 fully saturated rings. The van der Waals surface area contributed by atoms with E-state index >= 15 is 0 Å². The van der Waals surface area contributed by atoms with Gasteiger partial charge in [-0.25, -0.2) is 13.6 Å². The molecule has 4 nitrogen and oxygen atoms in total. The van der Waals surface area contributed by atoms with Crippen LogP contribution in [0.2, 0.25) is 5.02 Å². The second kappa shape index (κ2) is 6.08. The summed E-state index contributed by atoms with van der Waals surface area (Å²) in [6.45, 7) is 1.52. The molecule has 18 heavy (non-hydrogen) atoms. The molecule has 0 aliphatic heterocycles. The first-order chi connectivity index (χ1) is 8.38. The summed E-state index contributed by atoms with van der Waals surface area (Å²) in [6.07, 6.45) is -3.73. The van der Waals surface area contributed by atoms with Gasteiger partial charge in [-0.15, -0.1) is 0 Å². The van der Waals surface area contributed by atoms with E-state index in [2.05, 4.69) is 4.74 Å². The fourth-order valence-corrected chi connectivity index (χ4v) is 1.39. The molecule has 100 valence electrons. The predicted octanol–water partition coefficient (Wildman–Crippen LogP) is 1.58. The van der Waals surface area contributed by atoms with E-state index in [1.54, 1.807) is 0 Å². The van der Waals surface area contributed by atoms with E-state index in [0.29, 0.717) is 0 Å². The van der Waals surface area contributed by atoms with Gasteiger partial charge in [-0.2, -0.15) is 0 Å². The molecule has 0 saturated heterocycles. The van der Waals surface area contributed by atoms with Crippen molar-refractivity contribution in [2.45, 2.75) is 19.1 Å². The lowest BCUT2D eigenvalue weighted by Gasteiger charge is -2.17. The van der Waals surface area contributed by atoms with Crippen molar-refractivity contribution in [1.29, 1.82) is 0 Å². The minimum atomic E-state index is -1.93. The smallest absolute Gasteiger partial charge is 0.338 e. The van der Waals surface area contributed by atoms with Crippen molar-refractivity contribution < 1.29 is 28.5 Å². The van der Waals surface area contributed by atoms with Gasteiger partial charge in [-0.05, 0) is 24.6 Å². The van der Waals surface area contributed by atoms with Crippen molar-refractivity contribution in [2.24, 2.45) is 0 Å². The standard InChI is InChI=1S/C11H11ClF2O4/c1-2-18-11(17)10(16)9(15)5-3-6(13)8(12)7(14)4-5/h3-4,9-10,15-16H,2H2,1H3. The Morgan fingerprint density at radius 3 is 2.33 bits per heavy atom. The van der Waals surface area contributed by atoms with Crippen molar-refractivity contribution in [1.82, 2.24) is 0 Å². The Labute approximate surface area is 107 Å². The van der Waals surface area contributed by atoms with Crippen LogP contribution < -0.4 is 0 Å². The number of hydrogen-bond acceptors (Lipinski definition) is 4. The lowest BCUT2D eigenvalue weighted by molar-refractivity contribution is -0.159. The van der Waals surface area contributed by atoms with Gasteiger partial charge < -0.3 is 14.9 Å². The summed E-state index contributed by atoms with van der Waals surface area (Å²) >= 11 is 5.26. The number of benzene rings is 1. The summed E-state index contributed by atoms with van der Waals surface area (Å²) in [5.74, 6) is -3.27. The largest absolute Gasteiger partial charge is 0.464 e. The van der Waals surface area contributed by atoms with Gasteiger partial charge in [-0.3, -0.25) is 0 Å². The van der Waals surface area contributed by atoms with Crippen LogP contribution in [-0.2, 0) is 9.53 Å². The third kappa shape index (κ3) is 3.16. The maximum atomic E-state index is 13.1. The van der Waals surface area contributed by atoms with Gasteiger partial charge in [0.25, 0.3) is 0 Å². The molecule has 0 amide bonds. The van der Waals surface area contributed by atoms with E-state index in [4.69, 9.17) is 11.6 Å². The zero-order valence-electron chi connectivity index (χ0n) is 9.36. The van der Waals surface area contributed by atoms with Crippen molar-refractivity contribution in [3.8, 4) is 0 Å². The van der Waals surface area contributed by atoms with E-state index in [0.717, 1.165) is 12.1 Å². The topological polar surface area (TPSA) is 66.8 Å². The highest BCUT2D eigenvalue weighted by Crippen LogP contribution is 2.25. The molecule has 2 atom stereocenters. The third-order valence-electron chi connectivity index (χ3n) is 2.17. The SMILES string of the molecule is CCOC(=O)C(O)C(O)c1cc(F)c(Cl)c(F)c1. The summed E-state index contributed by atoms with van der Waals surface area (Å²) in [4.78, 5) is 11.1. The van der Waals surface area contributed by atoms with Crippen molar-refractivity contribution in [2.75, 3.05) is 6.61 Å². The van der Waals surface area contributed by atoms with Gasteiger partial charge in [0.05, 0.1) is 6.61 Å². The third-order valence-corrected chi connectivity index (χ3v) is 2.54. The highest BCUT2D eigenvalue weighted by Gasteiger charge is 2.28. The lowest BCUT2D eigenvalue weighted by atomic mass is 10.0. The molecular formula is C11H11ClF2O4. The number of carbonyl (C=O) groups is 1. The fraction of sp³-hybridized carbons (Fsp3) is 0.364. The maximum absolute atomic E-state index is 13.1. The fourth-order valence-electron chi connectivity index (χ4n) is 1.28. The number of carbonyl (C=O) groups excluding carboxylic acids is 1. The number of ether oxygens (including phenoxy) is 1. The average Bonchev–Trinajstić information content (AvgIpc) is 2.33. The molecule has 0 aliphatic carbocycles. The molecule has 0 bridgehead atoms. The predicted molar refractivity (Wildman–Crippen MR) is 59.0 cm³/mol. The van der Waals surface area contributed by atoms with Crippen molar-refractivity contribution in [3.05, 3.63) is 34.4 Å². The Morgan fingerprint density at radius 1 is 1.39 bits per heavy atom. The van der Waals surface area contributed by atoms with Gasteiger partial charge in [0, 0.05) is 0 Å². The van der Waals surface area contributed by atoms with Crippen LogP contribution in [0.1, 0.15) is 18.6 Å². The van der Waals surface area contributed by atoms with Crippen LogP contribution in [0.4, 0.5) is 8.78 Å². The van der Waals surface area contributed by atoms with E-state index in [9.17, 15) is 23.8 Å². The Morgan fingerprint density at radius 2 is 1.89 bits per heavy atom. The van der Waals surface area contributed by atoms with Gasteiger partial charge >= 0.3 is 5.97 Å². The monoisotopic (exact) mass is 280 g/mol. The number of halogens is 3. The molecule has 0 heterocycles. The second-order valence-corrected chi connectivity index (χ2v) is 3.82. The van der Waals surface area contributed by atoms with Gasteiger partial charge in [0.2, 0.25) is 0 Å². The molecule has 0 radical (unpaired) electrons. The van der Waals surface area contributed by atoms with E-state index < -0.39 is 34.8 Å². The minimum Gasteiger partial charge on any atom is -0.464 e. The summed E-state index contributed by atoms with van der Waals surface area (Å²) in [5.41, 5.74) is -0.310. The lowest BCUT2D eigenvalue weighted by Crippen LogP contribution is -2.30. The van der Waals surface area contributed by atoms with E-state index in [1.165, 1.54) is 6.92 Å². The maximum Gasteiger partial charge on any atom is 0.338 e. The van der Waals surface area contributed by atoms with Gasteiger partial charge in [0.1, 0.15) is 22.8 Å². The van der Waals surface area contributed by atoms with Crippen LogP contribution in [0.5, 0.6) is 0 Å². The van der Waals surface area contributed by atoms with Gasteiger partial charge in [-0.1, -0.05) is 11.6 Å². The Bertz CT molecular complexity index is 430. The summed E-state index contributed by atoms with van der Waals surface area (Å²) in [5, 5.41) is 18.3. The van der Waals surface area contributed by atoms with Crippen LogP contribution in [0, 0.1) is 11.6 Å². The zero-order valence-corrected chi connectivity index (χ0v) is 10.1. The highest BCUT2D eigenvalue weighted by atomic mass is 35.5. The number of esters is 1. The highest BCUT2D eigenvalue weighted by molar-refractivity contribution is 6.30. The Hall–Kier alpha value is -1.24.